The lowest BCUT2D eigenvalue weighted by molar-refractivity contribution is 0.0761. The minimum atomic E-state index is -0.000321. The van der Waals surface area contributed by atoms with Gasteiger partial charge in [-0.2, -0.15) is 0 Å². The standard InChI is InChI=1S/C15H23N3O2/c1-17-8-4-5-12(17)10-18(2)15(19)11-6-7-14(20-3)13(16)9-11/h6-7,9,12H,4-5,8,10,16H2,1-3H3. The maximum Gasteiger partial charge on any atom is 0.253 e. The Morgan fingerprint density at radius 2 is 2.30 bits per heavy atom. The van der Waals surface area contributed by atoms with E-state index >= 15 is 0 Å². The number of methoxy groups -OCH3 is 1. The van der Waals surface area contributed by atoms with E-state index in [9.17, 15) is 4.79 Å². The molecule has 1 amide bonds. The highest BCUT2D eigenvalue weighted by Gasteiger charge is 2.24. The molecule has 110 valence electrons. The van der Waals surface area contributed by atoms with Crippen LogP contribution in [0.2, 0.25) is 0 Å². The van der Waals surface area contributed by atoms with E-state index < -0.39 is 0 Å². The number of likely N-dealkylation sites (N-methyl/N-ethyl adjacent to an activating group) is 2. The molecule has 2 N–H and O–H groups in total. The first-order valence-corrected chi connectivity index (χ1v) is 6.92. The van der Waals surface area contributed by atoms with Gasteiger partial charge in [0.25, 0.3) is 5.91 Å². The maximum atomic E-state index is 12.4. The van der Waals surface area contributed by atoms with Crippen LogP contribution in [0.5, 0.6) is 5.75 Å². The minimum absolute atomic E-state index is 0.000321. The molecule has 1 aliphatic heterocycles. The van der Waals surface area contributed by atoms with Gasteiger partial charge >= 0.3 is 0 Å². The van der Waals surface area contributed by atoms with Gasteiger partial charge in [-0.05, 0) is 44.6 Å². The van der Waals surface area contributed by atoms with E-state index in [1.165, 1.54) is 6.42 Å². The zero-order chi connectivity index (χ0) is 14.7. The van der Waals surface area contributed by atoms with E-state index in [-0.39, 0.29) is 5.91 Å². The summed E-state index contributed by atoms with van der Waals surface area (Å²) < 4.78 is 5.11. The summed E-state index contributed by atoms with van der Waals surface area (Å²) >= 11 is 0. The SMILES string of the molecule is COc1ccc(C(=O)N(C)CC2CCCN2C)cc1N. The summed E-state index contributed by atoms with van der Waals surface area (Å²) in [4.78, 5) is 16.5. The molecule has 20 heavy (non-hydrogen) atoms. The van der Waals surface area contributed by atoms with Crippen molar-refractivity contribution in [3.8, 4) is 5.75 Å². The second-order valence-electron chi connectivity index (χ2n) is 5.42. The van der Waals surface area contributed by atoms with Crippen LogP contribution < -0.4 is 10.5 Å². The van der Waals surface area contributed by atoms with Crippen molar-refractivity contribution in [2.75, 3.05) is 40.0 Å². The number of hydrogen-bond donors (Lipinski definition) is 1. The lowest BCUT2D eigenvalue weighted by Crippen LogP contribution is -2.39. The quantitative estimate of drug-likeness (QED) is 0.846. The fourth-order valence-electron chi connectivity index (χ4n) is 2.70. The third-order valence-electron chi connectivity index (χ3n) is 3.98. The fraction of sp³-hybridized carbons (Fsp3) is 0.533. The second kappa shape index (κ2) is 6.13. The van der Waals surface area contributed by atoms with E-state index in [1.54, 1.807) is 30.2 Å². The predicted octanol–water partition coefficient (Wildman–Crippen LogP) is 1.44. The molecule has 1 unspecified atom stereocenters. The number of hydrogen-bond acceptors (Lipinski definition) is 4. The molecular formula is C15H23N3O2. The van der Waals surface area contributed by atoms with Crippen molar-refractivity contribution in [1.29, 1.82) is 0 Å². The number of anilines is 1. The van der Waals surface area contributed by atoms with Gasteiger partial charge in [-0.3, -0.25) is 4.79 Å². The Morgan fingerprint density at radius 1 is 1.55 bits per heavy atom. The molecule has 0 aliphatic carbocycles. The number of nitrogens with two attached hydrogens (primary N) is 1. The average molecular weight is 277 g/mol. The third kappa shape index (κ3) is 3.04. The van der Waals surface area contributed by atoms with E-state index in [4.69, 9.17) is 10.5 Å². The molecule has 1 atom stereocenters. The lowest BCUT2D eigenvalue weighted by Gasteiger charge is -2.26. The number of rotatable bonds is 4. The number of nitrogens with zero attached hydrogens (tertiary/aromatic N) is 2. The molecule has 2 rings (SSSR count). The molecule has 0 radical (unpaired) electrons. The van der Waals surface area contributed by atoms with Crippen molar-refractivity contribution in [3.05, 3.63) is 23.8 Å². The van der Waals surface area contributed by atoms with Gasteiger partial charge in [-0.25, -0.2) is 0 Å². The van der Waals surface area contributed by atoms with Gasteiger partial charge in [0.1, 0.15) is 5.75 Å². The van der Waals surface area contributed by atoms with Gasteiger partial charge in [0.2, 0.25) is 0 Å². The topological polar surface area (TPSA) is 58.8 Å². The van der Waals surface area contributed by atoms with Crippen molar-refractivity contribution < 1.29 is 9.53 Å². The summed E-state index contributed by atoms with van der Waals surface area (Å²) in [7, 11) is 5.52. The van der Waals surface area contributed by atoms with Crippen molar-refractivity contribution in [3.63, 3.8) is 0 Å². The van der Waals surface area contributed by atoms with Crippen LogP contribution in [0.1, 0.15) is 23.2 Å². The Labute approximate surface area is 120 Å². The summed E-state index contributed by atoms with van der Waals surface area (Å²) in [6, 6.07) is 5.63. The Kier molecular flexibility index (Phi) is 4.49. The predicted molar refractivity (Wildman–Crippen MR) is 80.0 cm³/mol. The van der Waals surface area contributed by atoms with Crippen LogP contribution in [-0.4, -0.2) is 56.0 Å². The molecule has 1 saturated heterocycles. The average Bonchev–Trinajstić information content (AvgIpc) is 2.83. The Morgan fingerprint density at radius 3 is 2.85 bits per heavy atom. The molecule has 5 heteroatoms. The molecule has 1 heterocycles. The van der Waals surface area contributed by atoms with Gasteiger partial charge in [0, 0.05) is 25.2 Å². The van der Waals surface area contributed by atoms with Crippen molar-refractivity contribution in [1.82, 2.24) is 9.80 Å². The lowest BCUT2D eigenvalue weighted by atomic mass is 10.1. The third-order valence-corrected chi connectivity index (χ3v) is 3.98. The normalized spacial score (nSPS) is 19.1. The first-order chi connectivity index (χ1) is 9.52. The molecule has 0 bridgehead atoms. The van der Waals surface area contributed by atoms with Crippen LogP contribution in [0.4, 0.5) is 5.69 Å². The number of benzene rings is 1. The molecule has 0 spiro atoms. The van der Waals surface area contributed by atoms with Gasteiger partial charge in [0.05, 0.1) is 12.8 Å². The van der Waals surface area contributed by atoms with Crippen LogP contribution in [0.3, 0.4) is 0 Å². The van der Waals surface area contributed by atoms with E-state index in [0.717, 1.165) is 19.5 Å². The molecule has 0 aromatic heterocycles. The van der Waals surface area contributed by atoms with Gasteiger partial charge in [-0.1, -0.05) is 0 Å². The van der Waals surface area contributed by atoms with E-state index in [1.807, 2.05) is 7.05 Å². The largest absolute Gasteiger partial charge is 0.495 e. The monoisotopic (exact) mass is 277 g/mol. The molecule has 5 nitrogen and oxygen atoms in total. The second-order valence-corrected chi connectivity index (χ2v) is 5.42. The zero-order valence-electron chi connectivity index (χ0n) is 12.4. The Hall–Kier alpha value is -1.75. The van der Waals surface area contributed by atoms with Crippen molar-refractivity contribution >= 4 is 11.6 Å². The zero-order valence-corrected chi connectivity index (χ0v) is 12.4. The minimum Gasteiger partial charge on any atom is -0.495 e. The first kappa shape index (κ1) is 14.7. The van der Waals surface area contributed by atoms with Crippen LogP contribution in [0.25, 0.3) is 0 Å². The number of amides is 1. The molecule has 1 aromatic carbocycles. The van der Waals surface area contributed by atoms with Crippen LogP contribution >= 0.6 is 0 Å². The van der Waals surface area contributed by atoms with Crippen molar-refractivity contribution in [2.24, 2.45) is 0 Å². The summed E-state index contributed by atoms with van der Waals surface area (Å²) in [6.07, 6.45) is 2.36. The Bertz CT molecular complexity index is 490. The van der Waals surface area contributed by atoms with Crippen LogP contribution in [-0.2, 0) is 0 Å². The van der Waals surface area contributed by atoms with Gasteiger partial charge in [-0.15, -0.1) is 0 Å². The highest BCUT2D eigenvalue weighted by molar-refractivity contribution is 5.95. The number of nitrogen functional groups attached to an aromatic ring is 1. The highest BCUT2D eigenvalue weighted by atomic mass is 16.5. The van der Waals surface area contributed by atoms with Crippen molar-refractivity contribution in [2.45, 2.75) is 18.9 Å². The maximum absolute atomic E-state index is 12.4. The Balaban J connectivity index is 2.04. The fourth-order valence-corrected chi connectivity index (χ4v) is 2.70. The highest BCUT2D eigenvalue weighted by Crippen LogP contribution is 2.23. The number of carbonyl (C=O) groups is 1. The molecular weight excluding hydrogens is 254 g/mol. The number of likely N-dealkylation sites (tertiary alicyclic amines) is 1. The number of carbonyl (C=O) groups excluding carboxylic acids is 1. The van der Waals surface area contributed by atoms with Crippen LogP contribution in [0, 0.1) is 0 Å². The van der Waals surface area contributed by atoms with Gasteiger partial charge < -0.3 is 20.3 Å². The summed E-state index contributed by atoms with van der Waals surface area (Å²) in [5.41, 5.74) is 6.95. The summed E-state index contributed by atoms with van der Waals surface area (Å²) in [5.74, 6) is 0.597. The van der Waals surface area contributed by atoms with Gasteiger partial charge in [0.15, 0.2) is 0 Å². The molecule has 1 aliphatic rings. The number of ether oxygens (including phenoxy) is 1. The van der Waals surface area contributed by atoms with Crippen LogP contribution in [0.15, 0.2) is 18.2 Å². The molecule has 1 aromatic rings. The van der Waals surface area contributed by atoms with E-state index in [0.29, 0.717) is 23.0 Å². The first-order valence-electron chi connectivity index (χ1n) is 6.92. The molecule has 1 fully saturated rings. The smallest absolute Gasteiger partial charge is 0.253 e. The summed E-state index contributed by atoms with van der Waals surface area (Å²) in [6.45, 7) is 1.86. The summed E-state index contributed by atoms with van der Waals surface area (Å²) in [5, 5.41) is 0. The van der Waals surface area contributed by atoms with E-state index in [2.05, 4.69) is 11.9 Å². The molecule has 0 saturated carbocycles.